The number of carboxylic acids is 1. The molecule has 2 amide bonds. The van der Waals surface area contributed by atoms with Crippen LogP contribution in [-0.2, 0) is 4.79 Å². The lowest BCUT2D eigenvalue weighted by molar-refractivity contribution is -0.139. The van der Waals surface area contributed by atoms with E-state index >= 15 is 0 Å². The van der Waals surface area contributed by atoms with Gasteiger partial charge in [-0.25, -0.2) is 9.59 Å². The summed E-state index contributed by atoms with van der Waals surface area (Å²) in [5.41, 5.74) is 0.721. The van der Waals surface area contributed by atoms with Crippen LogP contribution in [0.2, 0.25) is 0 Å². The topological polar surface area (TPSA) is 91.3 Å². The molecule has 2 atom stereocenters. The molecule has 0 aliphatic carbocycles. The van der Waals surface area contributed by atoms with Crippen LogP contribution in [0.1, 0.15) is 38.9 Å². The van der Waals surface area contributed by atoms with Crippen LogP contribution in [0, 0.1) is 5.92 Å². The summed E-state index contributed by atoms with van der Waals surface area (Å²) in [5, 5.41) is 14.2. The molecule has 3 N–H and O–H groups in total. The number of amides is 2. The van der Waals surface area contributed by atoms with Crippen LogP contribution < -0.4 is 10.6 Å². The minimum Gasteiger partial charge on any atom is -0.480 e. The Kier molecular flexibility index (Phi) is 5.96. The lowest BCUT2D eigenvalue weighted by Crippen LogP contribution is -2.47. The van der Waals surface area contributed by atoms with Gasteiger partial charge in [0, 0.05) is 6.20 Å². The lowest BCUT2D eigenvalue weighted by Gasteiger charge is -2.19. The van der Waals surface area contributed by atoms with Gasteiger partial charge in [0.25, 0.3) is 0 Å². The number of hydrogen-bond donors (Lipinski definition) is 3. The van der Waals surface area contributed by atoms with Gasteiger partial charge in [-0.3, -0.25) is 4.98 Å². The summed E-state index contributed by atoms with van der Waals surface area (Å²) in [5.74, 6) is -0.844. The van der Waals surface area contributed by atoms with Gasteiger partial charge in [0.1, 0.15) is 6.04 Å². The second-order valence-corrected chi connectivity index (χ2v) is 5.11. The van der Waals surface area contributed by atoms with E-state index in [0.717, 1.165) is 5.69 Å². The summed E-state index contributed by atoms with van der Waals surface area (Å²) in [6.45, 7) is 5.61. The fourth-order valence-corrected chi connectivity index (χ4v) is 1.80. The number of urea groups is 1. The zero-order valence-electron chi connectivity index (χ0n) is 12.0. The number of aliphatic carboxylic acids is 1. The molecule has 0 aliphatic rings. The largest absolute Gasteiger partial charge is 0.480 e. The van der Waals surface area contributed by atoms with Gasteiger partial charge < -0.3 is 15.7 Å². The van der Waals surface area contributed by atoms with Crippen molar-refractivity contribution < 1.29 is 14.7 Å². The van der Waals surface area contributed by atoms with E-state index in [2.05, 4.69) is 15.6 Å². The Labute approximate surface area is 118 Å². The fraction of sp³-hybridized carbons (Fsp3) is 0.500. The van der Waals surface area contributed by atoms with Crippen LogP contribution in [0.4, 0.5) is 4.79 Å². The molecule has 20 heavy (non-hydrogen) atoms. The van der Waals surface area contributed by atoms with Crippen molar-refractivity contribution in [2.24, 2.45) is 5.92 Å². The van der Waals surface area contributed by atoms with Gasteiger partial charge in [-0.15, -0.1) is 0 Å². The first-order valence-corrected chi connectivity index (χ1v) is 6.61. The number of nitrogens with one attached hydrogen (secondary N) is 2. The van der Waals surface area contributed by atoms with Crippen LogP contribution in [0.25, 0.3) is 0 Å². The molecule has 0 spiro atoms. The third-order valence-electron chi connectivity index (χ3n) is 2.79. The highest BCUT2D eigenvalue weighted by molar-refractivity contribution is 5.82. The molecule has 1 rings (SSSR count). The third-order valence-corrected chi connectivity index (χ3v) is 2.79. The summed E-state index contributed by atoms with van der Waals surface area (Å²) < 4.78 is 0. The predicted molar refractivity (Wildman–Crippen MR) is 75.2 cm³/mol. The molecule has 6 heteroatoms. The predicted octanol–water partition coefficient (Wildman–Crippen LogP) is 1.94. The number of aromatic nitrogens is 1. The summed E-state index contributed by atoms with van der Waals surface area (Å²) in [4.78, 5) is 27.0. The standard InChI is InChI=1S/C14H21N3O3/c1-9(2)8-12(13(18)19)17-14(20)16-10(3)11-6-4-5-7-15-11/h4-7,9-10,12H,8H2,1-3H3,(H,18,19)(H2,16,17,20). The van der Waals surface area contributed by atoms with Gasteiger partial charge in [-0.2, -0.15) is 0 Å². The van der Waals surface area contributed by atoms with Crippen molar-refractivity contribution in [3.05, 3.63) is 30.1 Å². The Morgan fingerprint density at radius 1 is 1.25 bits per heavy atom. The van der Waals surface area contributed by atoms with Crippen molar-refractivity contribution in [3.8, 4) is 0 Å². The van der Waals surface area contributed by atoms with E-state index in [1.54, 1.807) is 25.3 Å². The number of carboxylic acid groups (broad SMARTS) is 1. The van der Waals surface area contributed by atoms with Crippen molar-refractivity contribution in [2.75, 3.05) is 0 Å². The number of carbonyl (C=O) groups is 2. The number of hydrogen-bond acceptors (Lipinski definition) is 3. The van der Waals surface area contributed by atoms with Gasteiger partial charge in [-0.1, -0.05) is 19.9 Å². The molecule has 0 bridgehead atoms. The monoisotopic (exact) mass is 279 g/mol. The SMILES string of the molecule is CC(C)CC(NC(=O)NC(C)c1ccccn1)C(=O)O. The molecule has 1 aromatic rings. The Hall–Kier alpha value is -2.11. The van der Waals surface area contributed by atoms with Crippen LogP contribution in [0.3, 0.4) is 0 Å². The van der Waals surface area contributed by atoms with Crippen LogP contribution in [0.15, 0.2) is 24.4 Å². The Morgan fingerprint density at radius 3 is 2.45 bits per heavy atom. The van der Waals surface area contributed by atoms with Gasteiger partial charge in [0.15, 0.2) is 0 Å². The molecule has 1 heterocycles. The first kappa shape index (κ1) is 15.9. The molecule has 0 aliphatic heterocycles. The summed E-state index contributed by atoms with van der Waals surface area (Å²) in [6.07, 6.45) is 2.03. The smallest absolute Gasteiger partial charge is 0.326 e. The zero-order valence-corrected chi connectivity index (χ0v) is 12.0. The second-order valence-electron chi connectivity index (χ2n) is 5.11. The van der Waals surface area contributed by atoms with E-state index in [1.165, 1.54) is 0 Å². The van der Waals surface area contributed by atoms with Crippen molar-refractivity contribution >= 4 is 12.0 Å². The quantitative estimate of drug-likeness (QED) is 0.742. The Balaban J connectivity index is 2.55. The zero-order chi connectivity index (χ0) is 15.1. The van der Waals surface area contributed by atoms with Crippen molar-refractivity contribution in [2.45, 2.75) is 39.3 Å². The lowest BCUT2D eigenvalue weighted by atomic mass is 10.0. The molecule has 110 valence electrons. The molecular weight excluding hydrogens is 258 g/mol. The third kappa shape index (κ3) is 5.26. The van der Waals surface area contributed by atoms with Gasteiger partial charge >= 0.3 is 12.0 Å². The molecule has 0 radical (unpaired) electrons. The molecule has 1 aromatic heterocycles. The summed E-state index contributed by atoms with van der Waals surface area (Å²) in [7, 11) is 0. The van der Waals surface area contributed by atoms with Gasteiger partial charge in [0.05, 0.1) is 11.7 Å². The van der Waals surface area contributed by atoms with E-state index in [-0.39, 0.29) is 12.0 Å². The van der Waals surface area contributed by atoms with Crippen molar-refractivity contribution in [1.82, 2.24) is 15.6 Å². The average Bonchev–Trinajstić information content (AvgIpc) is 2.38. The maximum Gasteiger partial charge on any atom is 0.326 e. The van der Waals surface area contributed by atoms with E-state index in [1.807, 2.05) is 19.9 Å². The van der Waals surface area contributed by atoms with Crippen LogP contribution in [0.5, 0.6) is 0 Å². The molecule has 0 saturated heterocycles. The maximum absolute atomic E-state index is 11.8. The minimum absolute atomic E-state index is 0.185. The minimum atomic E-state index is -1.03. The Bertz CT molecular complexity index is 448. The highest BCUT2D eigenvalue weighted by Crippen LogP contribution is 2.08. The summed E-state index contributed by atoms with van der Waals surface area (Å²) in [6, 6.07) is 3.75. The van der Waals surface area contributed by atoms with E-state index < -0.39 is 18.0 Å². The van der Waals surface area contributed by atoms with E-state index in [4.69, 9.17) is 5.11 Å². The molecule has 0 fully saturated rings. The molecule has 2 unspecified atom stereocenters. The number of rotatable bonds is 6. The average molecular weight is 279 g/mol. The Morgan fingerprint density at radius 2 is 1.95 bits per heavy atom. The van der Waals surface area contributed by atoms with Crippen molar-refractivity contribution in [3.63, 3.8) is 0 Å². The van der Waals surface area contributed by atoms with E-state index in [0.29, 0.717) is 6.42 Å². The first-order valence-electron chi connectivity index (χ1n) is 6.61. The van der Waals surface area contributed by atoms with E-state index in [9.17, 15) is 9.59 Å². The number of nitrogens with zero attached hydrogens (tertiary/aromatic N) is 1. The molecule has 0 aromatic carbocycles. The van der Waals surface area contributed by atoms with Gasteiger partial charge in [-0.05, 0) is 31.4 Å². The van der Waals surface area contributed by atoms with Gasteiger partial charge in [0.2, 0.25) is 0 Å². The highest BCUT2D eigenvalue weighted by atomic mass is 16.4. The fourth-order valence-electron chi connectivity index (χ4n) is 1.80. The number of carbonyl (C=O) groups excluding carboxylic acids is 1. The second kappa shape index (κ2) is 7.47. The van der Waals surface area contributed by atoms with Crippen LogP contribution in [-0.4, -0.2) is 28.1 Å². The summed E-state index contributed by atoms with van der Waals surface area (Å²) >= 11 is 0. The molecule has 0 saturated carbocycles. The first-order chi connectivity index (χ1) is 9.40. The normalized spacial score (nSPS) is 13.6. The molecule has 6 nitrogen and oxygen atoms in total. The van der Waals surface area contributed by atoms with Crippen LogP contribution >= 0.6 is 0 Å². The highest BCUT2D eigenvalue weighted by Gasteiger charge is 2.21. The molecular formula is C14H21N3O3. The maximum atomic E-state index is 11.8. The number of pyridine rings is 1. The van der Waals surface area contributed by atoms with Crippen molar-refractivity contribution in [1.29, 1.82) is 0 Å².